The summed E-state index contributed by atoms with van der Waals surface area (Å²) >= 11 is 1.51. The van der Waals surface area contributed by atoms with Gasteiger partial charge in [0, 0.05) is 5.38 Å². The van der Waals surface area contributed by atoms with Crippen molar-refractivity contribution in [1.29, 1.82) is 5.26 Å². The summed E-state index contributed by atoms with van der Waals surface area (Å²) in [4.78, 5) is 15.4. The molecule has 0 aliphatic rings. The van der Waals surface area contributed by atoms with E-state index in [1.807, 2.05) is 30.5 Å². The van der Waals surface area contributed by atoms with E-state index in [2.05, 4.69) is 11.1 Å². The van der Waals surface area contributed by atoms with E-state index >= 15 is 0 Å². The Hall–Kier alpha value is -3.43. The number of carboxylic acids is 1. The number of ether oxygens (including phenoxy) is 1. The lowest BCUT2D eigenvalue weighted by Crippen LogP contribution is -1.98. The molecule has 0 atom stereocenters. The number of thiazole rings is 1. The first kappa shape index (κ1) is 17.4. The number of aryl methyl sites for hydroxylation is 1. The number of carboxylic acid groups (broad SMARTS) is 1. The average Bonchev–Trinajstić information content (AvgIpc) is 3.08. The second-order valence-electron chi connectivity index (χ2n) is 5.43. The maximum Gasteiger partial charge on any atom is 0.335 e. The molecular formula is C20H14N2O3S. The molecule has 0 saturated heterocycles. The Balaban J connectivity index is 1.94. The molecule has 0 radical (unpaired) electrons. The Labute approximate surface area is 154 Å². The molecule has 1 heterocycles. The highest BCUT2D eigenvalue weighted by Crippen LogP contribution is 2.25. The lowest BCUT2D eigenvalue weighted by atomic mass is 10.1. The van der Waals surface area contributed by atoms with Gasteiger partial charge in [0.25, 0.3) is 0 Å². The maximum absolute atomic E-state index is 11.0. The van der Waals surface area contributed by atoms with Crippen molar-refractivity contribution >= 4 is 29.1 Å². The van der Waals surface area contributed by atoms with E-state index < -0.39 is 5.97 Å². The lowest BCUT2D eigenvalue weighted by Gasteiger charge is -2.09. The number of aromatic carboxylic acids is 1. The number of nitriles is 1. The van der Waals surface area contributed by atoms with E-state index in [1.165, 1.54) is 23.5 Å². The van der Waals surface area contributed by atoms with Gasteiger partial charge in [-0.2, -0.15) is 5.26 Å². The van der Waals surface area contributed by atoms with Gasteiger partial charge in [-0.25, -0.2) is 9.78 Å². The molecule has 3 rings (SSSR count). The van der Waals surface area contributed by atoms with Gasteiger partial charge in [-0.3, -0.25) is 0 Å². The first-order valence-corrected chi connectivity index (χ1v) is 8.59. The molecule has 0 fully saturated rings. The number of hydrogen-bond acceptors (Lipinski definition) is 5. The van der Waals surface area contributed by atoms with Gasteiger partial charge in [0.05, 0.1) is 22.2 Å². The van der Waals surface area contributed by atoms with Gasteiger partial charge < -0.3 is 9.84 Å². The monoisotopic (exact) mass is 362 g/mol. The molecule has 0 amide bonds. The van der Waals surface area contributed by atoms with E-state index in [0.717, 1.165) is 10.6 Å². The van der Waals surface area contributed by atoms with Crippen LogP contribution in [0.4, 0.5) is 0 Å². The van der Waals surface area contributed by atoms with E-state index in [9.17, 15) is 4.79 Å². The highest BCUT2D eigenvalue weighted by molar-refractivity contribution is 7.09. The molecule has 0 aliphatic heterocycles. The zero-order chi connectivity index (χ0) is 18.5. The summed E-state index contributed by atoms with van der Waals surface area (Å²) in [6.45, 7) is 1.91. The van der Waals surface area contributed by atoms with Crippen molar-refractivity contribution in [2.75, 3.05) is 0 Å². The first-order chi connectivity index (χ1) is 12.5. The summed E-state index contributed by atoms with van der Waals surface area (Å²) in [7, 11) is 0. The van der Waals surface area contributed by atoms with Crippen LogP contribution in [0.3, 0.4) is 0 Å². The van der Waals surface area contributed by atoms with Crippen LogP contribution in [0.2, 0.25) is 0 Å². The fraction of sp³-hybridized carbons (Fsp3) is 0.0500. The highest BCUT2D eigenvalue weighted by atomic mass is 32.1. The SMILES string of the molecule is Cc1nc(/C(=C\c2ccc(C#N)cc2)Oc2ccc(C(=O)O)cc2)cs1. The number of rotatable bonds is 5. The fourth-order valence-corrected chi connectivity index (χ4v) is 2.83. The van der Waals surface area contributed by atoms with Crippen LogP contribution in [-0.4, -0.2) is 16.1 Å². The van der Waals surface area contributed by atoms with Gasteiger partial charge in [-0.05, 0) is 55.0 Å². The second kappa shape index (κ2) is 7.64. The van der Waals surface area contributed by atoms with Crippen molar-refractivity contribution in [3.8, 4) is 11.8 Å². The van der Waals surface area contributed by atoms with Crippen LogP contribution < -0.4 is 4.74 Å². The molecule has 2 aromatic carbocycles. The zero-order valence-corrected chi connectivity index (χ0v) is 14.7. The van der Waals surface area contributed by atoms with E-state index in [1.54, 1.807) is 24.3 Å². The van der Waals surface area contributed by atoms with E-state index in [-0.39, 0.29) is 5.56 Å². The summed E-state index contributed by atoms with van der Waals surface area (Å²) < 4.78 is 5.96. The molecule has 5 nitrogen and oxygen atoms in total. The van der Waals surface area contributed by atoms with Crippen LogP contribution >= 0.6 is 11.3 Å². The van der Waals surface area contributed by atoms with Gasteiger partial charge in [0.1, 0.15) is 11.4 Å². The van der Waals surface area contributed by atoms with Crippen LogP contribution in [0, 0.1) is 18.3 Å². The summed E-state index contributed by atoms with van der Waals surface area (Å²) in [5.41, 5.74) is 2.34. The topological polar surface area (TPSA) is 83.2 Å². The molecule has 0 spiro atoms. The molecule has 1 N–H and O–H groups in total. The third-order valence-corrected chi connectivity index (χ3v) is 4.31. The van der Waals surface area contributed by atoms with Crippen LogP contribution in [0.5, 0.6) is 5.75 Å². The molecule has 0 unspecified atom stereocenters. The standard InChI is InChI=1S/C20H14N2O3S/c1-13-22-18(12-26-13)19(10-14-2-4-15(11-21)5-3-14)25-17-8-6-16(7-9-17)20(23)24/h2-10,12H,1H3,(H,23,24)/b19-10+. The largest absolute Gasteiger partial charge is 0.478 e. The minimum atomic E-state index is -0.986. The Morgan fingerprint density at radius 1 is 1.19 bits per heavy atom. The first-order valence-electron chi connectivity index (χ1n) is 7.71. The van der Waals surface area contributed by atoms with Crippen molar-refractivity contribution in [3.05, 3.63) is 81.3 Å². The third-order valence-electron chi connectivity index (χ3n) is 3.54. The number of carbonyl (C=O) groups is 1. The predicted molar refractivity (Wildman–Crippen MR) is 99.9 cm³/mol. The summed E-state index contributed by atoms with van der Waals surface area (Å²) in [5, 5.41) is 20.7. The zero-order valence-electron chi connectivity index (χ0n) is 13.8. The number of nitrogens with zero attached hydrogens (tertiary/aromatic N) is 2. The van der Waals surface area contributed by atoms with Crippen LogP contribution in [-0.2, 0) is 0 Å². The van der Waals surface area contributed by atoms with Crippen molar-refractivity contribution in [3.63, 3.8) is 0 Å². The van der Waals surface area contributed by atoms with Crippen LogP contribution in [0.1, 0.15) is 32.2 Å². The Morgan fingerprint density at radius 2 is 1.88 bits per heavy atom. The molecule has 26 heavy (non-hydrogen) atoms. The Kier molecular flexibility index (Phi) is 5.11. The molecular weight excluding hydrogens is 348 g/mol. The molecule has 0 aliphatic carbocycles. The quantitative estimate of drug-likeness (QED) is 0.671. The van der Waals surface area contributed by atoms with Gasteiger partial charge in [0.15, 0.2) is 5.76 Å². The molecule has 6 heteroatoms. The molecule has 0 saturated carbocycles. The van der Waals surface area contributed by atoms with Crippen molar-refractivity contribution in [2.24, 2.45) is 0 Å². The minimum Gasteiger partial charge on any atom is -0.478 e. The van der Waals surface area contributed by atoms with Gasteiger partial charge in [0.2, 0.25) is 0 Å². The average molecular weight is 362 g/mol. The fourth-order valence-electron chi connectivity index (χ4n) is 2.23. The normalized spacial score (nSPS) is 11.0. The summed E-state index contributed by atoms with van der Waals surface area (Å²) in [6.07, 6.45) is 1.83. The van der Waals surface area contributed by atoms with Crippen molar-refractivity contribution in [1.82, 2.24) is 4.98 Å². The van der Waals surface area contributed by atoms with Gasteiger partial charge >= 0.3 is 5.97 Å². The summed E-state index contributed by atoms with van der Waals surface area (Å²) in [5.74, 6) is 0.0719. The van der Waals surface area contributed by atoms with E-state index in [4.69, 9.17) is 15.1 Å². The van der Waals surface area contributed by atoms with Crippen molar-refractivity contribution < 1.29 is 14.6 Å². The van der Waals surface area contributed by atoms with Gasteiger partial charge in [-0.15, -0.1) is 11.3 Å². The Bertz CT molecular complexity index is 997. The van der Waals surface area contributed by atoms with Crippen LogP contribution in [0.15, 0.2) is 53.9 Å². The number of benzene rings is 2. The van der Waals surface area contributed by atoms with E-state index in [0.29, 0.717) is 22.8 Å². The molecule has 3 aromatic rings. The molecule has 128 valence electrons. The maximum atomic E-state index is 11.0. The number of hydrogen-bond donors (Lipinski definition) is 1. The lowest BCUT2D eigenvalue weighted by molar-refractivity contribution is 0.0697. The molecule has 1 aromatic heterocycles. The second-order valence-corrected chi connectivity index (χ2v) is 6.49. The van der Waals surface area contributed by atoms with Crippen LogP contribution in [0.25, 0.3) is 11.8 Å². The summed E-state index contributed by atoms with van der Waals surface area (Å²) in [6, 6.07) is 15.4. The predicted octanol–water partition coefficient (Wildman–Crippen LogP) is 4.60. The minimum absolute atomic E-state index is 0.194. The Morgan fingerprint density at radius 3 is 2.42 bits per heavy atom. The molecule has 0 bridgehead atoms. The highest BCUT2D eigenvalue weighted by Gasteiger charge is 2.10. The van der Waals surface area contributed by atoms with Gasteiger partial charge in [-0.1, -0.05) is 12.1 Å². The third kappa shape index (κ3) is 4.15. The smallest absolute Gasteiger partial charge is 0.335 e. The van der Waals surface area contributed by atoms with Crippen molar-refractivity contribution in [2.45, 2.75) is 6.92 Å². The number of aromatic nitrogens is 1.